The lowest BCUT2D eigenvalue weighted by molar-refractivity contribution is -0.125. The number of carbonyl (C=O) groups excluding carboxylic acids is 2. The molecule has 1 atom stereocenters. The number of rotatable bonds is 5. The van der Waals surface area contributed by atoms with Crippen molar-refractivity contribution < 1.29 is 14.3 Å². The van der Waals surface area contributed by atoms with Gasteiger partial charge in [-0.15, -0.1) is 11.3 Å². The zero-order valence-electron chi connectivity index (χ0n) is 16.2. The molecule has 6 nitrogen and oxygen atoms in total. The molecule has 0 aliphatic carbocycles. The molecule has 1 aromatic heterocycles. The molecule has 2 aromatic carbocycles. The summed E-state index contributed by atoms with van der Waals surface area (Å²) in [5.41, 5.74) is 5.93. The van der Waals surface area contributed by atoms with E-state index in [4.69, 9.17) is 4.74 Å². The van der Waals surface area contributed by atoms with Gasteiger partial charge in [-0.1, -0.05) is 19.1 Å². The van der Waals surface area contributed by atoms with Gasteiger partial charge in [0.1, 0.15) is 11.8 Å². The summed E-state index contributed by atoms with van der Waals surface area (Å²) in [4.78, 5) is 31.4. The van der Waals surface area contributed by atoms with E-state index in [1.807, 2.05) is 47.8 Å². The third kappa shape index (κ3) is 3.86. The Bertz CT molecular complexity index is 1030. The van der Waals surface area contributed by atoms with Gasteiger partial charge in [0.2, 0.25) is 5.91 Å². The minimum Gasteiger partial charge on any atom is -0.482 e. The SMILES string of the molecule is CCc1ccc(NC(=O)C(C)N2C(=O)COc3ccc(-c4cscn4)cc32)cc1. The predicted octanol–water partition coefficient (Wildman–Crippen LogP) is 4.13. The van der Waals surface area contributed by atoms with Gasteiger partial charge in [-0.05, 0) is 49.2 Å². The van der Waals surface area contributed by atoms with Crippen LogP contribution in [0.15, 0.2) is 53.4 Å². The predicted molar refractivity (Wildman–Crippen MR) is 114 cm³/mol. The number of aromatic nitrogens is 1. The maximum Gasteiger partial charge on any atom is 0.265 e. The number of fused-ring (bicyclic) bond motifs is 1. The highest BCUT2D eigenvalue weighted by molar-refractivity contribution is 7.07. The molecule has 0 spiro atoms. The van der Waals surface area contributed by atoms with Crippen LogP contribution in [0.1, 0.15) is 19.4 Å². The maximum absolute atomic E-state index is 12.9. The second-order valence-corrected chi connectivity index (χ2v) is 7.54. The third-order valence-electron chi connectivity index (χ3n) is 4.96. The number of benzene rings is 2. The van der Waals surface area contributed by atoms with Crippen molar-refractivity contribution in [1.29, 1.82) is 0 Å². The highest BCUT2D eigenvalue weighted by Crippen LogP contribution is 2.37. The fourth-order valence-electron chi connectivity index (χ4n) is 3.30. The van der Waals surface area contributed by atoms with Gasteiger partial charge in [-0.3, -0.25) is 14.5 Å². The van der Waals surface area contributed by atoms with Crippen LogP contribution in [-0.4, -0.2) is 29.4 Å². The molecule has 4 rings (SSSR count). The standard InChI is InChI=1S/C22H21N3O3S/c1-3-15-4-7-17(8-5-15)24-22(27)14(2)25-19-10-16(18-12-29-13-23-18)6-9-20(19)28-11-21(25)26/h4-10,12-14H,3,11H2,1-2H3,(H,24,27). The van der Waals surface area contributed by atoms with Crippen LogP contribution in [-0.2, 0) is 16.0 Å². The van der Waals surface area contributed by atoms with E-state index in [-0.39, 0.29) is 18.4 Å². The number of hydrogen-bond donors (Lipinski definition) is 1. The van der Waals surface area contributed by atoms with Crippen LogP contribution in [0.4, 0.5) is 11.4 Å². The molecule has 0 radical (unpaired) electrons. The van der Waals surface area contributed by atoms with Gasteiger partial charge >= 0.3 is 0 Å². The number of nitrogens with zero attached hydrogens (tertiary/aromatic N) is 2. The van der Waals surface area contributed by atoms with E-state index in [0.29, 0.717) is 17.1 Å². The summed E-state index contributed by atoms with van der Waals surface area (Å²) in [7, 11) is 0. The van der Waals surface area contributed by atoms with Crippen LogP contribution in [0.5, 0.6) is 5.75 Å². The van der Waals surface area contributed by atoms with Crippen molar-refractivity contribution in [3.63, 3.8) is 0 Å². The molecule has 148 valence electrons. The Morgan fingerprint density at radius 3 is 2.76 bits per heavy atom. The van der Waals surface area contributed by atoms with Crippen LogP contribution in [0, 0.1) is 0 Å². The van der Waals surface area contributed by atoms with Crippen molar-refractivity contribution in [3.05, 3.63) is 58.9 Å². The summed E-state index contributed by atoms with van der Waals surface area (Å²) in [6.07, 6.45) is 0.936. The van der Waals surface area contributed by atoms with E-state index < -0.39 is 6.04 Å². The van der Waals surface area contributed by atoms with Crippen LogP contribution in [0.25, 0.3) is 11.3 Å². The fourth-order valence-corrected chi connectivity index (χ4v) is 3.86. The van der Waals surface area contributed by atoms with Gasteiger partial charge < -0.3 is 10.1 Å². The molecule has 1 aliphatic rings. The first kappa shape index (κ1) is 19.1. The minimum atomic E-state index is -0.693. The monoisotopic (exact) mass is 407 g/mol. The lowest BCUT2D eigenvalue weighted by atomic mass is 10.1. The van der Waals surface area contributed by atoms with Crippen molar-refractivity contribution in [2.24, 2.45) is 0 Å². The number of thiazole rings is 1. The number of ether oxygens (including phenoxy) is 1. The van der Waals surface area contributed by atoms with Gasteiger partial charge in [0.05, 0.1) is 16.9 Å². The van der Waals surface area contributed by atoms with Gasteiger partial charge in [0.15, 0.2) is 6.61 Å². The molecule has 0 fully saturated rings. The van der Waals surface area contributed by atoms with Crippen molar-refractivity contribution in [2.45, 2.75) is 26.3 Å². The van der Waals surface area contributed by atoms with Gasteiger partial charge in [-0.25, -0.2) is 4.98 Å². The Labute approximate surface area is 173 Å². The van der Waals surface area contributed by atoms with Gasteiger partial charge in [-0.2, -0.15) is 0 Å². The zero-order chi connectivity index (χ0) is 20.4. The highest BCUT2D eigenvalue weighted by Gasteiger charge is 2.33. The van der Waals surface area contributed by atoms with Crippen LogP contribution in [0.2, 0.25) is 0 Å². The lowest BCUT2D eigenvalue weighted by Crippen LogP contribution is -2.49. The first-order valence-corrected chi connectivity index (χ1v) is 10.4. The molecule has 1 N–H and O–H groups in total. The van der Waals surface area contributed by atoms with Crippen molar-refractivity contribution in [2.75, 3.05) is 16.8 Å². The number of hydrogen-bond acceptors (Lipinski definition) is 5. The molecule has 0 saturated heterocycles. The number of amides is 2. The lowest BCUT2D eigenvalue weighted by Gasteiger charge is -2.33. The molecule has 1 unspecified atom stereocenters. The second-order valence-electron chi connectivity index (χ2n) is 6.82. The molecule has 7 heteroatoms. The summed E-state index contributed by atoms with van der Waals surface area (Å²) < 4.78 is 5.57. The van der Waals surface area contributed by atoms with E-state index >= 15 is 0 Å². The Morgan fingerprint density at radius 2 is 2.07 bits per heavy atom. The number of anilines is 2. The van der Waals surface area contributed by atoms with Crippen molar-refractivity contribution in [3.8, 4) is 17.0 Å². The average molecular weight is 407 g/mol. The molecule has 1 aliphatic heterocycles. The van der Waals surface area contributed by atoms with E-state index in [1.165, 1.54) is 21.8 Å². The van der Waals surface area contributed by atoms with E-state index in [9.17, 15) is 9.59 Å². The Balaban J connectivity index is 1.60. The molecule has 0 saturated carbocycles. The molecule has 29 heavy (non-hydrogen) atoms. The van der Waals surface area contributed by atoms with E-state index in [1.54, 1.807) is 12.4 Å². The summed E-state index contributed by atoms with van der Waals surface area (Å²) in [5, 5.41) is 4.84. The summed E-state index contributed by atoms with van der Waals surface area (Å²) in [5.74, 6) is 0.0712. The Morgan fingerprint density at radius 1 is 1.28 bits per heavy atom. The Hall–Kier alpha value is -3.19. The second kappa shape index (κ2) is 8.05. The summed E-state index contributed by atoms with van der Waals surface area (Å²) in [6.45, 7) is 3.71. The normalized spacial score (nSPS) is 14.1. The molecule has 2 amide bonds. The van der Waals surface area contributed by atoms with Gasteiger partial charge in [0.25, 0.3) is 5.91 Å². The van der Waals surface area contributed by atoms with Gasteiger partial charge in [0, 0.05) is 16.6 Å². The summed E-state index contributed by atoms with van der Waals surface area (Å²) in [6, 6.07) is 12.6. The quantitative estimate of drug-likeness (QED) is 0.690. The maximum atomic E-state index is 12.9. The smallest absolute Gasteiger partial charge is 0.265 e. The topological polar surface area (TPSA) is 71.5 Å². The van der Waals surface area contributed by atoms with E-state index in [2.05, 4.69) is 17.2 Å². The first-order chi connectivity index (χ1) is 14.1. The third-order valence-corrected chi connectivity index (χ3v) is 5.55. The van der Waals surface area contributed by atoms with Crippen LogP contribution >= 0.6 is 11.3 Å². The van der Waals surface area contributed by atoms with E-state index in [0.717, 1.165) is 17.7 Å². The minimum absolute atomic E-state index is 0.0914. The Kier molecular flexibility index (Phi) is 5.31. The zero-order valence-corrected chi connectivity index (χ0v) is 17.0. The molecular weight excluding hydrogens is 386 g/mol. The van der Waals surface area contributed by atoms with Crippen molar-refractivity contribution in [1.82, 2.24) is 4.98 Å². The highest BCUT2D eigenvalue weighted by atomic mass is 32.1. The largest absolute Gasteiger partial charge is 0.482 e. The first-order valence-electron chi connectivity index (χ1n) is 9.44. The molecule has 2 heterocycles. The number of nitrogens with one attached hydrogen (secondary N) is 1. The van der Waals surface area contributed by atoms with Crippen molar-refractivity contribution >= 4 is 34.5 Å². The number of carbonyl (C=O) groups is 2. The van der Waals surface area contributed by atoms with Crippen LogP contribution in [0.3, 0.4) is 0 Å². The average Bonchev–Trinajstić information content (AvgIpc) is 3.28. The molecule has 0 bridgehead atoms. The van der Waals surface area contributed by atoms with Crippen LogP contribution < -0.4 is 15.0 Å². The molecule has 3 aromatic rings. The number of aryl methyl sites for hydroxylation is 1. The fraction of sp³-hybridized carbons (Fsp3) is 0.227. The summed E-state index contributed by atoms with van der Waals surface area (Å²) >= 11 is 1.50. The molecular formula is C22H21N3O3S.